The number of piperidine rings is 1. The predicted octanol–water partition coefficient (Wildman–Crippen LogP) is 4.27. The Morgan fingerprint density at radius 3 is 2.58 bits per heavy atom. The fraction of sp³-hybridized carbons (Fsp3) is 0.375. The molecule has 3 heterocycles. The fourth-order valence-corrected chi connectivity index (χ4v) is 4.13. The summed E-state index contributed by atoms with van der Waals surface area (Å²) in [5.74, 6) is 0.641. The quantitative estimate of drug-likeness (QED) is 0.645. The number of nitrogens with zero attached hydrogens (tertiary/aromatic N) is 5. The first-order valence-corrected chi connectivity index (χ1v) is 10.6. The van der Waals surface area contributed by atoms with E-state index in [0.717, 1.165) is 59.8 Å². The second-order valence-electron chi connectivity index (χ2n) is 8.08. The van der Waals surface area contributed by atoms with E-state index in [0.29, 0.717) is 18.0 Å². The number of ether oxygens (including phenoxy) is 1. The van der Waals surface area contributed by atoms with Crippen LogP contribution in [-0.2, 0) is 7.05 Å². The zero-order chi connectivity index (χ0) is 22.0. The number of likely N-dealkylation sites (tertiary alicyclic amines) is 1. The van der Waals surface area contributed by atoms with E-state index in [9.17, 15) is 0 Å². The van der Waals surface area contributed by atoms with Gasteiger partial charge < -0.3 is 15.0 Å². The highest BCUT2D eigenvalue weighted by atomic mass is 16.5. The number of allylic oxidation sites excluding steroid dienone is 1. The van der Waals surface area contributed by atoms with Crippen molar-refractivity contribution in [2.45, 2.75) is 32.7 Å². The molecule has 0 unspecified atom stereocenters. The van der Waals surface area contributed by atoms with Gasteiger partial charge >= 0.3 is 0 Å². The third kappa shape index (κ3) is 4.26. The number of anilines is 1. The third-order valence-corrected chi connectivity index (χ3v) is 5.90. The van der Waals surface area contributed by atoms with E-state index in [1.54, 1.807) is 13.3 Å². The molecule has 4 rings (SSSR count). The molecule has 1 fully saturated rings. The molecule has 1 aromatic carbocycles. The van der Waals surface area contributed by atoms with Crippen molar-refractivity contribution in [3.63, 3.8) is 0 Å². The van der Waals surface area contributed by atoms with E-state index in [1.807, 2.05) is 29.8 Å². The Kier molecular flexibility index (Phi) is 5.93. The third-order valence-electron chi connectivity index (χ3n) is 5.90. The van der Waals surface area contributed by atoms with Gasteiger partial charge in [0.15, 0.2) is 0 Å². The molecule has 0 aliphatic carbocycles. The van der Waals surface area contributed by atoms with Crippen molar-refractivity contribution in [1.29, 1.82) is 0 Å². The molecule has 3 aromatic rings. The van der Waals surface area contributed by atoms with Gasteiger partial charge in [0.2, 0.25) is 5.95 Å². The molecular formula is C24H30N6O. The molecule has 0 atom stereocenters. The number of imidazole rings is 1. The standard InChI is InChI=1S/C24H30N6O/c1-16(2)30-14-11-18(12-15-30)26-23-25-13-10-20(27-23)22-21(28-24(31-5)29(22)4)19-9-7-6-8-17(19)3/h6-10,13,18H,1,11-12,14-15H2,2-5H3,(H,25,26,27). The lowest BCUT2D eigenvalue weighted by Crippen LogP contribution is -2.38. The second kappa shape index (κ2) is 8.79. The van der Waals surface area contributed by atoms with Crippen molar-refractivity contribution in [3.8, 4) is 28.7 Å². The first-order valence-electron chi connectivity index (χ1n) is 10.6. The van der Waals surface area contributed by atoms with Gasteiger partial charge in [-0.15, -0.1) is 0 Å². The fourth-order valence-electron chi connectivity index (χ4n) is 4.13. The molecule has 1 N–H and O–H groups in total. The number of aryl methyl sites for hydroxylation is 1. The van der Waals surface area contributed by atoms with Gasteiger partial charge in [0.25, 0.3) is 6.01 Å². The van der Waals surface area contributed by atoms with Crippen LogP contribution in [0.3, 0.4) is 0 Å². The van der Waals surface area contributed by atoms with Crippen LogP contribution in [0.1, 0.15) is 25.3 Å². The number of nitrogens with one attached hydrogen (secondary N) is 1. The molecule has 7 nitrogen and oxygen atoms in total. The maximum absolute atomic E-state index is 5.51. The molecule has 0 spiro atoms. The smallest absolute Gasteiger partial charge is 0.296 e. The molecule has 0 bridgehead atoms. The van der Waals surface area contributed by atoms with Crippen LogP contribution < -0.4 is 10.1 Å². The van der Waals surface area contributed by atoms with Crippen molar-refractivity contribution in [2.24, 2.45) is 7.05 Å². The maximum atomic E-state index is 5.51. The van der Waals surface area contributed by atoms with Crippen molar-refractivity contribution >= 4 is 5.95 Å². The second-order valence-corrected chi connectivity index (χ2v) is 8.08. The van der Waals surface area contributed by atoms with Gasteiger partial charge in [-0.3, -0.25) is 4.57 Å². The normalized spacial score (nSPS) is 14.5. The Labute approximate surface area is 183 Å². The van der Waals surface area contributed by atoms with Crippen molar-refractivity contribution in [3.05, 3.63) is 54.4 Å². The van der Waals surface area contributed by atoms with Crippen molar-refractivity contribution in [2.75, 3.05) is 25.5 Å². The number of methoxy groups -OCH3 is 1. The minimum Gasteiger partial charge on any atom is -0.468 e. The minimum absolute atomic E-state index is 0.350. The van der Waals surface area contributed by atoms with Crippen molar-refractivity contribution < 1.29 is 4.74 Å². The SMILES string of the molecule is C=C(C)N1CCC(Nc2nccc(-c3c(-c4ccccc4C)nc(OC)n3C)n2)CC1. The number of hydrogen-bond donors (Lipinski definition) is 1. The summed E-state index contributed by atoms with van der Waals surface area (Å²) >= 11 is 0. The lowest BCUT2D eigenvalue weighted by atomic mass is 10.0. The van der Waals surface area contributed by atoms with Gasteiger partial charge in [-0.1, -0.05) is 30.8 Å². The Hall–Kier alpha value is -3.35. The topological polar surface area (TPSA) is 68.1 Å². The molecule has 0 amide bonds. The van der Waals surface area contributed by atoms with Crippen molar-refractivity contribution in [1.82, 2.24) is 24.4 Å². The van der Waals surface area contributed by atoms with Gasteiger partial charge in [0.1, 0.15) is 5.69 Å². The highest BCUT2D eigenvalue weighted by molar-refractivity contribution is 5.79. The monoisotopic (exact) mass is 418 g/mol. The van der Waals surface area contributed by atoms with Gasteiger partial charge in [-0.05, 0) is 38.3 Å². The zero-order valence-electron chi connectivity index (χ0n) is 18.7. The van der Waals surface area contributed by atoms with Crippen LogP contribution in [0.5, 0.6) is 6.01 Å². The summed E-state index contributed by atoms with van der Waals surface area (Å²) in [6.07, 6.45) is 3.87. The summed E-state index contributed by atoms with van der Waals surface area (Å²) in [7, 11) is 3.59. The number of hydrogen-bond acceptors (Lipinski definition) is 6. The largest absolute Gasteiger partial charge is 0.468 e. The summed E-state index contributed by atoms with van der Waals surface area (Å²) in [5.41, 5.74) is 5.93. The molecule has 0 saturated carbocycles. The van der Waals surface area contributed by atoms with E-state index in [4.69, 9.17) is 14.7 Å². The Morgan fingerprint density at radius 2 is 1.90 bits per heavy atom. The van der Waals surface area contributed by atoms with E-state index in [1.165, 1.54) is 0 Å². The predicted molar refractivity (Wildman–Crippen MR) is 124 cm³/mol. The van der Waals surface area contributed by atoms with Gasteiger partial charge in [-0.25, -0.2) is 9.97 Å². The first kappa shape index (κ1) is 20.9. The number of benzene rings is 1. The maximum Gasteiger partial charge on any atom is 0.296 e. The van der Waals surface area contributed by atoms with E-state index < -0.39 is 0 Å². The van der Waals surface area contributed by atoms with Gasteiger partial charge in [0.05, 0.1) is 18.5 Å². The lowest BCUT2D eigenvalue weighted by molar-refractivity contribution is 0.273. The average Bonchev–Trinajstić information content (AvgIpc) is 3.10. The molecule has 1 aliphatic heterocycles. The Bertz CT molecular complexity index is 1080. The van der Waals surface area contributed by atoms with Gasteiger partial charge in [0, 0.05) is 43.6 Å². The molecule has 2 aromatic heterocycles. The zero-order valence-corrected chi connectivity index (χ0v) is 18.7. The van der Waals surface area contributed by atoms with Crippen LogP contribution in [0.15, 0.2) is 48.8 Å². The van der Waals surface area contributed by atoms with E-state index in [2.05, 4.69) is 47.8 Å². The highest BCUT2D eigenvalue weighted by Gasteiger charge is 2.22. The summed E-state index contributed by atoms with van der Waals surface area (Å²) < 4.78 is 7.45. The Morgan fingerprint density at radius 1 is 1.16 bits per heavy atom. The number of aromatic nitrogens is 4. The first-order chi connectivity index (χ1) is 15.0. The summed E-state index contributed by atoms with van der Waals surface area (Å²) in [4.78, 5) is 16.4. The number of rotatable bonds is 6. The lowest BCUT2D eigenvalue weighted by Gasteiger charge is -2.34. The summed E-state index contributed by atoms with van der Waals surface area (Å²) in [6.45, 7) is 10.2. The molecule has 1 aliphatic rings. The molecule has 162 valence electrons. The summed E-state index contributed by atoms with van der Waals surface area (Å²) in [5, 5.41) is 3.52. The molecule has 1 saturated heterocycles. The van der Waals surface area contributed by atoms with Crippen LogP contribution in [0.2, 0.25) is 0 Å². The Balaban J connectivity index is 1.64. The van der Waals surface area contributed by atoms with E-state index in [-0.39, 0.29) is 0 Å². The summed E-state index contributed by atoms with van der Waals surface area (Å²) in [6, 6.07) is 11.0. The van der Waals surface area contributed by atoms with Crippen LogP contribution in [0.4, 0.5) is 5.95 Å². The van der Waals surface area contributed by atoms with E-state index >= 15 is 0 Å². The van der Waals surface area contributed by atoms with Crippen LogP contribution in [-0.4, -0.2) is 50.7 Å². The molecule has 0 radical (unpaired) electrons. The molecule has 7 heteroatoms. The minimum atomic E-state index is 0.350. The van der Waals surface area contributed by atoms with Crippen LogP contribution in [0, 0.1) is 6.92 Å². The van der Waals surface area contributed by atoms with Gasteiger partial charge in [-0.2, -0.15) is 4.98 Å². The average molecular weight is 419 g/mol. The van der Waals surface area contributed by atoms with Crippen LogP contribution >= 0.6 is 0 Å². The molecular weight excluding hydrogens is 388 g/mol. The molecule has 31 heavy (non-hydrogen) atoms. The highest BCUT2D eigenvalue weighted by Crippen LogP contribution is 2.35. The van der Waals surface area contributed by atoms with Crippen LogP contribution in [0.25, 0.3) is 22.6 Å².